The van der Waals surface area contributed by atoms with Crippen LogP contribution < -0.4 is 4.74 Å². The lowest BCUT2D eigenvalue weighted by molar-refractivity contribution is 0.216. The summed E-state index contributed by atoms with van der Waals surface area (Å²) in [6.07, 6.45) is 0. The van der Waals surface area contributed by atoms with Crippen molar-refractivity contribution in [3.63, 3.8) is 0 Å². The third kappa shape index (κ3) is 3.75. The Hall–Kier alpha value is -1.11. The van der Waals surface area contributed by atoms with Crippen LogP contribution in [0.3, 0.4) is 0 Å². The smallest absolute Gasteiger partial charge is 0.246 e. The summed E-state index contributed by atoms with van der Waals surface area (Å²) in [5.74, 6) is 0.245. The molecule has 1 aromatic carbocycles. The van der Waals surface area contributed by atoms with Crippen LogP contribution >= 0.6 is 0 Å². The van der Waals surface area contributed by atoms with Crippen LogP contribution in [0, 0.1) is 5.41 Å². The molecule has 0 aliphatic carbocycles. The molecule has 0 fully saturated rings. The maximum Gasteiger partial charge on any atom is 0.246 e. The molecule has 5 nitrogen and oxygen atoms in total. The van der Waals surface area contributed by atoms with E-state index in [0.29, 0.717) is 5.56 Å². The quantitative estimate of drug-likeness (QED) is 0.905. The van der Waals surface area contributed by atoms with Gasteiger partial charge < -0.3 is 9.84 Å². The molecule has 0 bridgehead atoms. The third-order valence-corrected chi connectivity index (χ3v) is 5.83. The maximum atomic E-state index is 12.8. The lowest BCUT2D eigenvalue weighted by atomic mass is 9.88. The van der Waals surface area contributed by atoms with Crippen LogP contribution in [0.5, 0.6) is 5.75 Å². The van der Waals surface area contributed by atoms with Gasteiger partial charge in [0.1, 0.15) is 10.6 Å². The van der Waals surface area contributed by atoms with Gasteiger partial charge in [0.2, 0.25) is 10.0 Å². The Morgan fingerprint density at radius 3 is 2.33 bits per heavy atom. The molecule has 120 valence electrons. The first-order valence-corrected chi connectivity index (χ1v) is 8.25. The zero-order valence-corrected chi connectivity index (χ0v) is 14.4. The highest BCUT2D eigenvalue weighted by atomic mass is 32.2. The number of nitrogens with zero attached hydrogens (tertiary/aromatic N) is 1. The molecule has 1 N–H and O–H groups in total. The Bertz CT molecular complexity index is 590. The number of hydrogen-bond donors (Lipinski definition) is 1. The van der Waals surface area contributed by atoms with Gasteiger partial charge in [0.15, 0.2) is 0 Å². The largest absolute Gasteiger partial charge is 0.495 e. The van der Waals surface area contributed by atoms with Crippen molar-refractivity contribution in [2.24, 2.45) is 5.41 Å². The summed E-state index contributed by atoms with van der Waals surface area (Å²) in [6.45, 7) is 7.71. The highest BCUT2D eigenvalue weighted by molar-refractivity contribution is 7.89. The van der Waals surface area contributed by atoms with Gasteiger partial charge in [-0.25, -0.2) is 8.42 Å². The Morgan fingerprint density at radius 1 is 1.33 bits per heavy atom. The molecule has 0 saturated heterocycles. The Morgan fingerprint density at radius 2 is 1.90 bits per heavy atom. The van der Waals surface area contributed by atoms with E-state index in [9.17, 15) is 8.42 Å². The molecule has 0 spiro atoms. The predicted molar refractivity (Wildman–Crippen MR) is 82.8 cm³/mol. The number of benzene rings is 1. The highest BCUT2D eigenvalue weighted by Gasteiger charge is 2.34. The fraction of sp³-hybridized carbons (Fsp3) is 0.600. The van der Waals surface area contributed by atoms with Gasteiger partial charge in [-0.1, -0.05) is 26.8 Å². The Labute approximate surface area is 127 Å². The second-order valence-corrected chi connectivity index (χ2v) is 8.17. The molecule has 0 aliphatic rings. The van der Waals surface area contributed by atoms with Crippen LogP contribution in [-0.4, -0.2) is 38.0 Å². The van der Waals surface area contributed by atoms with Gasteiger partial charge >= 0.3 is 0 Å². The number of hydrogen-bond acceptors (Lipinski definition) is 4. The highest BCUT2D eigenvalue weighted by Crippen LogP contribution is 2.32. The first-order valence-electron chi connectivity index (χ1n) is 6.81. The monoisotopic (exact) mass is 315 g/mol. The zero-order valence-electron chi connectivity index (χ0n) is 13.5. The predicted octanol–water partition coefficient (Wildman–Crippen LogP) is 2.24. The average Bonchev–Trinajstić information content (AvgIpc) is 2.43. The van der Waals surface area contributed by atoms with Crippen LogP contribution in [0.1, 0.15) is 33.3 Å². The van der Waals surface area contributed by atoms with E-state index in [-0.39, 0.29) is 28.7 Å². The molecule has 0 saturated carbocycles. The minimum absolute atomic E-state index is 0.112. The first-order chi connectivity index (χ1) is 9.55. The average molecular weight is 315 g/mol. The summed E-state index contributed by atoms with van der Waals surface area (Å²) in [5.41, 5.74) is 0.428. The van der Waals surface area contributed by atoms with Crippen LogP contribution in [0.15, 0.2) is 23.1 Å². The van der Waals surface area contributed by atoms with Crippen LogP contribution in [-0.2, 0) is 16.6 Å². The fourth-order valence-corrected chi connectivity index (χ4v) is 3.61. The molecular weight excluding hydrogens is 290 g/mol. The number of methoxy groups -OCH3 is 1. The molecule has 1 atom stereocenters. The molecule has 21 heavy (non-hydrogen) atoms. The van der Waals surface area contributed by atoms with Crippen molar-refractivity contribution in [1.29, 1.82) is 0 Å². The van der Waals surface area contributed by atoms with Crippen molar-refractivity contribution in [2.75, 3.05) is 14.2 Å². The summed E-state index contributed by atoms with van der Waals surface area (Å²) in [4.78, 5) is 0.112. The van der Waals surface area contributed by atoms with Crippen LogP contribution in [0.4, 0.5) is 0 Å². The van der Waals surface area contributed by atoms with Gasteiger partial charge in [0.25, 0.3) is 0 Å². The number of ether oxygens (including phenoxy) is 1. The Balaban J connectivity index is 3.31. The lowest BCUT2D eigenvalue weighted by Gasteiger charge is -2.34. The molecule has 1 aromatic rings. The standard InChI is InChI=1S/C15H25NO4S/c1-11(15(2,3)4)16(5)21(18,19)14-8-7-12(10-17)9-13(14)20-6/h7-9,11,17H,10H2,1-6H3. The van der Waals surface area contributed by atoms with Crippen molar-refractivity contribution < 1.29 is 18.3 Å². The van der Waals surface area contributed by atoms with Gasteiger partial charge in [0, 0.05) is 13.1 Å². The van der Waals surface area contributed by atoms with E-state index in [1.165, 1.54) is 17.5 Å². The molecule has 6 heteroatoms. The molecule has 0 amide bonds. The van der Waals surface area contributed by atoms with Crippen molar-refractivity contribution in [3.8, 4) is 5.75 Å². The van der Waals surface area contributed by atoms with E-state index in [1.54, 1.807) is 19.2 Å². The summed E-state index contributed by atoms with van der Waals surface area (Å²) in [6, 6.07) is 4.43. The number of sulfonamides is 1. The lowest BCUT2D eigenvalue weighted by Crippen LogP contribution is -2.42. The minimum Gasteiger partial charge on any atom is -0.495 e. The van der Waals surface area contributed by atoms with Gasteiger partial charge in [0.05, 0.1) is 13.7 Å². The van der Waals surface area contributed by atoms with E-state index >= 15 is 0 Å². The fourth-order valence-electron chi connectivity index (χ4n) is 1.93. The second kappa shape index (κ2) is 6.34. The van der Waals surface area contributed by atoms with Gasteiger partial charge in [-0.3, -0.25) is 0 Å². The maximum absolute atomic E-state index is 12.8. The molecule has 1 unspecified atom stereocenters. The van der Waals surface area contributed by atoms with Crippen molar-refractivity contribution in [3.05, 3.63) is 23.8 Å². The zero-order chi connectivity index (χ0) is 16.4. The molecule has 0 aliphatic heterocycles. The third-order valence-electron chi connectivity index (χ3n) is 3.87. The van der Waals surface area contributed by atoms with Gasteiger partial charge in [-0.2, -0.15) is 4.31 Å². The molecular formula is C15H25NO4S. The van der Waals surface area contributed by atoms with E-state index in [2.05, 4.69) is 0 Å². The van der Waals surface area contributed by atoms with E-state index in [1.807, 2.05) is 27.7 Å². The molecule has 0 aromatic heterocycles. The Kier molecular flexibility index (Phi) is 5.41. The number of aliphatic hydroxyl groups is 1. The number of rotatable bonds is 5. The van der Waals surface area contributed by atoms with Crippen molar-refractivity contribution in [1.82, 2.24) is 4.31 Å². The minimum atomic E-state index is -3.66. The number of aliphatic hydroxyl groups excluding tert-OH is 1. The van der Waals surface area contributed by atoms with Crippen LogP contribution in [0.2, 0.25) is 0 Å². The summed E-state index contributed by atoms with van der Waals surface area (Å²) >= 11 is 0. The summed E-state index contributed by atoms with van der Waals surface area (Å²) in [5, 5.41) is 9.14. The van der Waals surface area contributed by atoms with E-state index in [0.717, 1.165) is 0 Å². The summed E-state index contributed by atoms with van der Waals surface area (Å²) in [7, 11) is -0.669. The normalized spacial score (nSPS) is 14.3. The second-order valence-electron chi connectivity index (χ2n) is 6.21. The molecule has 0 heterocycles. The van der Waals surface area contributed by atoms with Gasteiger partial charge in [-0.15, -0.1) is 0 Å². The molecule has 1 rings (SSSR count). The van der Waals surface area contributed by atoms with Gasteiger partial charge in [-0.05, 0) is 30.0 Å². The SMILES string of the molecule is COc1cc(CO)ccc1S(=O)(=O)N(C)C(C)C(C)(C)C. The van der Waals surface area contributed by atoms with Crippen LogP contribution in [0.25, 0.3) is 0 Å². The van der Waals surface area contributed by atoms with Crippen molar-refractivity contribution in [2.45, 2.75) is 45.2 Å². The first kappa shape index (κ1) is 17.9. The van der Waals surface area contributed by atoms with Crippen molar-refractivity contribution >= 4 is 10.0 Å². The topological polar surface area (TPSA) is 66.8 Å². The molecule has 0 radical (unpaired) electrons. The van der Waals surface area contributed by atoms with E-state index in [4.69, 9.17) is 9.84 Å². The summed E-state index contributed by atoms with van der Waals surface area (Å²) < 4.78 is 32.1. The van der Waals surface area contributed by atoms with E-state index < -0.39 is 10.0 Å².